The molecule has 2 aliphatic rings. The van der Waals surface area contributed by atoms with Crippen molar-refractivity contribution in [1.29, 1.82) is 0 Å². The number of nitrogens with zero attached hydrogens (tertiary/aromatic N) is 2. The van der Waals surface area contributed by atoms with Crippen LogP contribution in [0.5, 0.6) is 11.5 Å². The molecule has 4 nitrogen and oxygen atoms in total. The molecule has 0 radical (unpaired) electrons. The summed E-state index contributed by atoms with van der Waals surface area (Å²) >= 11 is 9.82. The molecule has 54 heavy (non-hydrogen) atoms. The van der Waals surface area contributed by atoms with Crippen molar-refractivity contribution in [2.45, 2.75) is 88.9 Å². The minimum Gasteiger partial charge on any atom is -0.496 e. The highest BCUT2D eigenvalue weighted by molar-refractivity contribution is 14.1. The second kappa shape index (κ2) is 19.8. The normalized spacial score (nSPS) is 19.5. The number of ether oxygens (including phenoxy) is 2. The number of hydrogen-bond donors (Lipinski definition) is 0. The Morgan fingerprint density at radius 1 is 0.667 bits per heavy atom. The first-order valence-electron chi connectivity index (χ1n) is 19.1. The van der Waals surface area contributed by atoms with E-state index in [4.69, 9.17) is 9.47 Å². The van der Waals surface area contributed by atoms with Gasteiger partial charge in [0.25, 0.3) is 0 Å². The van der Waals surface area contributed by atoms with Crippen molar-refractivity contribution in [1.82, 2.24) is 0 Å². The third-order valence-corrected chi connectivity index (χ3v) is 15.3. The highest BCUT2D eigenvalue weighted by atomic mass is 127. The number of anilines is 4. The number of rotatable bonds is 12. The van der Waals surface area contributed by atoms with Gasteiger partial charge in [-0.2, -0.15) is 0 Å². The van der Waals surface area contributed by atoms with Gasteiger partial charge in [0.15, 0.2) is 0 Å². The van der Waals surface area contributed by atoms with Crippen molar-refractivity contribution >= 4 is 84.8 Å². The molecule has 0 saturated heterocycles. The van der Waals surface area contributed by atoms with Crippen LogP contribution < -0.4 is 19.3 Å². The number of hydrogen-bond acceptors (Lipinski definition) is 6. The summed E-state index contributed by atoms with van der Waals surface area (Å²) in [6, 6.07) is 22.4. The molecule has 6 rings (SSSR count). The minimum absolute atomic E-state index is 0.194. The fraction of sp³-hybridized carbons (Fsp3) is 0.455. The number of halogens is 4. The molecule has 2 unspecified atom stereocenters. The lowest BCUT2D eigenvalue weighted by atomic mass is 9.81. The number of methoxy groups -OCH3 is 2. The van der Waals surface area contributed by atoms with Crippen LogP contribution in [-0.4, -0.2) is 38.8 Å². The Bertz CT molecular complexity index is 1700. The van der Waals surface area contributed by atoms with E-state index in [1.54, 1.807) is 38.5 Å². The summed E-state index contributed by atoms with van der Waals surface area (Å²) in [7, 11) is 3.42. The molecule has 2 atom stereocenters. The predicted molar refractivity (Wildman–Crippen MR) is 239 cm³/mol. The molecule has 10 heteroatoms. The van der Waals surface area contributed by atoms with Crippen LogP contribution in [0, 0.1) is 26.0 Å². The fourth-order valence-corrected chi connectivity index (χ4v) is 11.3. The maximum Gasteiger partial charge on any atom is 0.134 e. The van der Waals surface area contributed by atoms with Gasteiger partial charge in [0.05, 0.1) is 33.6 Å². The van der Waals surface area contributed by atoms with E-state index >= 15 is 0 Å². The number of fused-ring (bicyclic) bond motifs is 2. The van der Waals surface area contributed by atoms with Gasteiger partial charge in [0.2, 0.25) is 0 Å². The molecule has 2 aliphatic heterocycles. The molecule has 0 amide bonds. The van der Waals surface area contributed by atoms with E-state index in [-0.39, 0.29) is 22.5 Å². The summed E-state index contributed by atoms with van der Waals surface area (Å²) in [5.41, 5.74) is 4.91. The Balaban J connectivity index is 0.000000208. The molecule has 4 aromatic carbocycles. The summed E-state index contributed by atoms with van der Waals surface area (Å²) in [4.78, 5) is 7.20. The summed E-state index contributed by atoms with van der Waals surface area (Å²) in [6.45, 7) is 11.0. The van der Waals surface area contributed by atoms with Crippen LogP contribution in [0.1, 0.15) is 79.1 Å². The van der Waals surface area contributed by atoms with Crippen LogP contribution in [0.15, 0.2) is 87.1 Å². The topological polar surface area (TPSA) is 24.9 Å². The maximum absolute atomic E-state index is 13.5. The molecule has 0 aliphatic carbocycles. The highest BCUT2D eigenvalue weighted by Crippen LogP contribution is 2.50. The van der Waals surface area contributed by atoms with Gasteiger partial charge >= 0.3 is 0 Å². The molecule has 0 N–H and O–H groups in total. The SMILES string of the molecule is CCCCC1(CC)CSc2cc(OC)c(Br)cc2N(c2ccc(F)cc2)C1.CCCCC1(CC)CSc2cc(OC)c(I)cc2N(c2ccc(F)cc2)C1. The zero-order chi connectivity index (χ0) is 38.9. The Morgan fingerprint density at radius 2 is 1.09 bits per heavy atom. The fourth-order valence-electron chi connectivity index (χ4n) is 7.30. The van der Waals surface area contributed by atoms with Crippen molar-refractivity contribution in [3.05, 3.63) is 92.5 Å². The zero-order valence-corrected chi connectivity index (χ0v) is 37.8. The van der Waals surface area contributed by atoms with Crippen molar-refractivity contribution < 1.29 is 18.3 Å². The second-order valence-electron chi connectivity index (χ2n) is 14.5. The lowest BCUT2D eigenvalue weighted by Crippen LogP contribution is -2.36. The number of benzene rings is 4. The van der Waals surface area contributed by atoms with Gasteiger partial charge in [-0.25, -0.2) is 8.78 Å². The van der Waals surface area contributed by atoms with Gasteiger partial charge in [-0.05, 0) is 148 Å². The third-order valence-electron chi connectivity index (χ3n) is 11.0. The predicted octanol–water partition coefficient (Wildman–Crippen LogP) is 14.7. The van der Waals surface area contributed by atoms with E-state index in [1.165, 1.54) is 54.0 Å². The molecule has 0 aromatic heterocycles. The largest absolute Gasteiger partial charge is 0.496 e. The molecule has 0 spiro atoms. The van der Waals surface area contributed by atoms with Gasteiger partial charge in [0, 0.05) is 45.8 Å². The van der Waals surface area contributed by atoms with Crippen LogP contribution in [0.4, 0.5) is 31.5 Å². The zero-order valence-electron chi connectivity index (χ0n) is 32.5. The maximum atomic E-state index is 13.5. The van der Waals surface area contributed by atoms with E-state index in [2.05, 4.69) is 100 Å². The van der Waals surface area contributed by atoms with E-state index in [9.17, 15) is 8.78 Å². The molecule has 0 saturated carbocycles. The van der Waals surface area contributed by atoms with Crippen LogP contribution >= 0.6 is 62.0 Å². The van der Waals surface area contributed by atoms with Gasteiger partial charge in [0.1, 0.15) is 23.1 Å². The summed E-state index contributed by atoms with van der Waals surface area (Å²) in [5.74, 6) is 3.54. The van der Waals surface area contributed by atoms with E-state index in [1.807, 2.05) is 47.8 Å². The first-order valence-corrected chi connectivity index (χ1v) is 22.9. The Labute approximate surface area is 352 Å². The first-order chi connectivity index (χ1) is 26.0. The van der Waals surface area contributed by atoms with Crippen molar-refractivity contribution in [2.75, 3.05) is 48.6 Å². The van der Waals surface area contributed by atoms with Gasteiger partial charge in [-0.1, -0.05) is 53.4 Å². The third kappa shape index (κ3) is 10.2. The van der Waals surface area contributed by atoms with Crippen LogP contribution in [0.3, 0.4) is 0 Å². The molecular formula is C44H54BrF2IN2O2S2. The number of unbranched alkanes of at least 4 members (excludes halogenated alkanes) is 2. The van der Waals surface area contributed by atoms with Gasteiger partial charge in [-0.3, -0.25) is 0 Å². The van der Waals surface area contributed by atoms with E-state index in [0.717, 1.165) is 74.0 Å². The van der Waals surface area contributed by atoms with Crippen molar-refractivity contribution in [3.8, 4) is 11.5 Å². The highest BCUT2D eigenvalue weighted by Gasteiger charge is 2.37. The lowest BCUT2D eigenvalue weighted by Gasteiger charge is -2.36. The Hall–Kier alpha value is -2.15. The first kappa shape index (κ1) is 43.0. The average molecular weight is 952 g/mol. The quantitative estimate of drug-likeness (QED) is 0.131. The van der Waals surface area contributed by atoms with Crippen LogP contribution in [0.2, 0.25) is 0 Å². The molecule has 4 aromatic rings. The summed E-state index contributed by atoms with van der Waals surface area (Å²) in [6.07, 6.45) is 9.57. The van der Waals surface area contributed by atoms with E-state index in [0.29, 0.717) is 0 Å². The second-order valence-corrected chi connectivity index (χ2v) is 18.6. The average Bonchev–Trinajstić information content (AvgIpc) is 3.45. The summed E-state index contributed by atoms with van der Waals surface area (Å²) < 4.78 is 40.2. The Morgan fingerprint density at radius 3 is 1.50 bits per heavy atom. The molecular weight excluding hydrogens is 897 g/mol. The molecule has 0 fully saturated rings. The Kier molecular flexibility index (Phi) is 15.8. The molecule has 0 bridgehead atoms. The van der Waals surface area contributed by atoms with Crippen molar-refractivity contribution in [3.63, 3.8) is 0 Å². The van der Waals surface area contributed by atoms with Gasteiger partial charge in [-0.15, -0.1) is 23.5 Å². The van der Waals surface area contributed by atoms with Crippen LogP contribution in [-0.2, 0) is 0 Å². The van der Waals surface area contributed by atoms with Crippen molar-refractivity contribution in [2.24, 2.45) is 10.8 Å². The monoisotopic (exact) mass is 950 g/mol. The smallest absolute Gasteiger partial charge is 0.134 e. The summed E-state index contributed by atoms with van der Waals surface area (Å²) in [5, 5.41) is 0. The molecule has 2 heterocycles. The van der Waals surface area contributed by atoms with E-state index < -0.39 is 0 Å². The molecule has 292 valence electrons. The lowest BCUT2D eigenvalue weighted by molar-refractivity contribution is 0.295. The van der Waals surface area contributed by atoms with Crippen LogP contribution in [0.25, 0.3) is 0 Å². The standard InChI is InChI=1S/C22H27BrFNOS.C22H27FINOS/c1-4-6-11-22(5-2)14-25(17-9-7-16(24)8-10-17)19-12-18(23)20(26-3)13-21(19)27-15-22;1-4-6-11-22(5-2)14-25(17-9-7-16(23)8-10-17)19-12-18(24)20(26-3)13-21(19)27-15-22/h2*7-10,12-13H,4-6,11,14-15H2,1-3H3. The minimum atomic E-state index is -0.202. The van der Waals surface area contributed by atoms with Gasteiger partial charge < -0.3 is 19.3 Å². The number of thioether (sulfide) groups is 2.